The summed E-state index contributed by atoms with van der Waals surface area (Å²) in [6.45, 7) is 1.75. The van der Waals surface area contributed by atoms with Gasteiger partial charge < -0.3 is 53.4 Å². The average Bonchev–Trinajstić information content (AvgIpc) is 3.52. The number of carboxylic acids is 1. The Kier molecular flexibility index (Phi) is 13.3. The predicted molar refractivity (Wildman–Crippen MR) is 172 cm³/mol. The molecule has 1 aromatic rings. The summed E-state index contributed by atoms with van der Waals surface area (Å²) >= 11 is 0. The summed E-state index contributed by atoms with van der Waals surface area (Å²) in [5.41, 5.74) is 16.1. The fourth-order valence-corrected chi connectivity index (χ4v) is 6.07. The van der Waals surface area contributed by atoms with Crippen molar-refractivity contribution in [3.8, 4) is 5.75 Å². The molecule has 1 aliphatic carbocycles. The molecule has 3 rings (SSSR count). The number of likely N-dealkylation sites (tertiary alicyclic amines) is 1. The Morgan fingerprint density at radius 2 is 1.68 bits per heavy atom. The lowest BCUT2D eigenvalue weighted by Crippen LogP contribution is -2.65. The van der Waals surface area contributed by atoms with Gasteiger partial charge in [-0.3, -0.25) is 24.2 Å². The third-order valence-corrected chi connectivity index (χ3v) is 8.66. The van der Waals surface area contributed by atoms with Crippen LogP contribution in [0.3, 0.4) is 0 Å². The van der Waals surface area contributed by atoms with E-state index in [-0.39, 0.29) is 44.1 Å². The molecule has 260 valence electrons. The zero-order chi connectivity index (χ0) is 34.7. The fraction of sp³-hybridized carbons (Fsp3) is 0.613. The molecule has 4 amide bonds. The van der Waals surface area contributed by atoms with Gasteiger partial charge in [-0.05, 0) is 63.1 Å². The Morgan fingerprint density at radius 3 is 2.28 bits per heavy atom. The van der Waals surface area contributed by atoms with E-state index in [1.54, 1.807) is 12.1 Å². The van der Waals surface area contributed by atoms with Gasteiger partial charge in [0.2, 0.25) is 23.6 Å². The molecule has 1 aliphatic heterocycles. The van der Waals surface area contributed by atoms with Gasteiger partial charge in [-0.1, -0.05) is 31.4 Å². The van der Waals surface area contributed by atoms with Crippen LogP contribution in [-0.2, 0) is 30.4 Å². The van der Waals surface area contributed by atoms with Crippen LogP contribution in [0.15, 0.2) is 29.3 Å². The van der Waals surface area contributed by atoms with Gasteiger partial charge >= 0.3 is 5.97 Å². The number of phenols is 1. The minimum atomic E-state index is -1.55. The number of nitrogens with two attached hydrogens (primary N) is 3. The van der Waals surface area contributed by atoms with E-state index < -0.39 is 65.4 Å². The van der Waals surface area contributed by atoms with Crippen LogP contribution in [-0.4, -0.2) is 105 Å². The van der Waals surface area contributed by atoms with Crippen molar-refractivity contribution in [3.05, 3.63) is 29.8 Å². The van der Waals surface area contributed by atoms with Crippen LogP contribution in [0.5, 0.6) is 5.75 Å². The molecular formula is C31H48N8O8. The molecule has 2 fully saturated rings. The third kappa shape index (κ3) is 10.3. The highest BCUT2D eigenvalue weighted by molar-refractivity contribution is 5.98. The van der Waals surface area contributed by atoms with E-state index in [1.165, 1.54) is 24.0 Å². The van der Waals surface area contributed by atoms with E-state index >= 15 is 0 Å². The largest absolute Gasteiger partial charge is 0.508 e. The first-order valence-corrected chi connectivity index (χ1v) is 16.0. The molecule has 0 radical (unpaired) electrons. The number of aliphatic imine (C=N–C) groups is 1. The third-order valence-electron chi connectivity index (χ3n) is 8.66. The molecule has 47 heavy (non-hydrogen) atoms. The monoisotopic (exact) mass is 660 g/mol. The van der Waals surface area contributed by atoms with Gasteiger partial charge in [0.25, 0.3) is 0 Å². The number of carbonyl (C=O) groups is 5. The second kappa shape index (κ2) is 16.9. The van der Waals surface area contributed by atoms with Gasteiger partial charge in [0, 0.05) is 19.5 Å². The number of nitrogens with one attached hydrogen (secondary N) is 3. The first-order valence-electron chi connectivity index (χ1n) is 16.0. The molecule has 1 saturated carbocycles. The minimum Gasteiger partial charge on any atom is -0.508 e. The topological polar surface area (TPSA) is 276 Å². The summed E-state index contributed by atoms with van der Waals surface area (Å²) in [5, 5.41) is 37.0. The molecule has 0 bridgehead atoms. The maximum absolute atomic E-state index is 14.3. The maximum Gasteiger partial charge on any atom is 0.328 e. The molecule has 1 heterocycles. The SMILES string of the molecule is C[C@@H](O)[C@H](NC(=O)[C@@H]1CCCN1C(=O)C1(NC(=O)[C@H](Cc2ccc(O)cc2)NC(=O)[C@@H](N)CCCN=C(N)N)CCCCC1)C(=O)O. The van der Waals surface area contributed by atoms with E-state index in [9.17, 15) is 39.3 Å². The Labute approximate surface area is 273 Å². The highest BCUT2D eigenvalue weighted by Gasteiger charge is 2.48. The molecule has 16 heteroatoms. The number of benzene rings is 1. The number of aliphatic hydroxyl groups excluding tert-OH is 1. The average molecular weight is 661 g/mol. The number of aromatic hydroxyl groups is 1. The summed E-state index contributed by atoms with van der Waals surface area (Å²) in [7, 11) is 0. The van der Waals surface area contributed by atoms with Gasteiger partial charge in [0.15, 0.2) is 12.0 Å². The van der Waals surface area contributed by atoms with Crippen molar-refractivity contribution >= 4 is 35.6 Å². The lowest BCUT2D eigenvalue weighted by Gasteiger charge is -2.41. The Morgan fingerprint density at radius 1 is 1.02 bits per heavy atom. The number of carboxylic acid groups (broad SMARTS) is 1. The summed E-state index contributed by atoms with van der Waals surface area (Å²) in [6, 6.07) is 1.51. The first-order chi connectivity index (χ1) is 22.2. The molecule has 2 aliphatic rings. The number of amides is 4. The van der Waals surface area contributed by atoms with Gasteiger partial charge in [-0.15, -0.1) is 0 Å². The van der Waals surface area contributed by atoms with E-state index in [0.29, 0.717) is 44.1 Å². The minimum absolute atomic E-state index is 0.0284. The molecule has 0 spiro atoms. The van der Waals surface area contributed by atoms with Crippen LogP contribution in [0.4, 0.5) is 0 Å². The quantitative estimate of drug-likeness (QED) is 0.0597. The second-order valence-electron chi connectivity index (χ2n) is 12.3. The number of carbonyl (C=O) groups excluding carboxylic acids is 4. The number of aliphatic carboxylic acids is 1. The number of aliphatic hydroxyl groups is 1. The number of hydrogen-bond acceptors (Lipinski definition) is 9. The Hall–Kier alpha value is -4.44. The lowest BCUT2D eigenvalue weighted by molar-refractivity contribution is -0.149. The summed E-state index contributed by atoms with van der Waals surface area (Å²) < 4.78 is 0. The first kappa shape index (κ1) is 37.0. The standard InChI is InChI=1S/C31H48N8O8/c1-18(40)24(28(45)46)37-27(44)23-8-6-16-39(23)29(47)31(13-3-2-4-14-31)38-26(43)22(17-19-9-11-20(41)12-10-19)36-25(42)21(32)7-5-15-35-30(33)34/h9-12,18,21-24,40-41H,2-8,13-17,32H2,1H3,(H,36,42)(H,37,44)(H,38,43)(H,45,46)(H4,33,34,35)/t18-,21+,22+,23+,24+/m1/s1. The van der Waals surface area contributed by atoms with Crippen LogP contribution in [0.2, 0.25) is 0 Å². The fourth-order valence-electron chi connectivity index (χ4n) is 6.07. The van der Waals surface area contributed by atoms with Gasteiger partial charge in [-0.2, -0.15) is 0 Å². The molecule has 0 aromatic heterocycles. The van der Waals surface area contributed by atoms with E-state index in [1.807, 2.05) is 0 Å². The van der Waals surface area contributed by atoms with Crippen LogP contribution in [0.1, 0.15) is 70.3 Å². The number of nitrogens with zero attached hydrogens (tertiary/aromatic N) is 2. The smallest absolute Gasteiger partial charge is 0.328 e. The zero-order valence-corrected chi connectivity index (χ0v) is 26.7. The number of hydrogen-bond donors (Lipinski definition) is 9. The normalized spacial score (nSPS) is 19.8. The molecule has 0 unspecified atom stereocenters. The number of phenolic OH excluding ortho intramolecular Hbond substituents is 1. The van der Waals surface area contributed by atoms with Crippen molar-refractivity contribution in [2.75, 3.05) is 13.1 Å². The summed E-state index contributed by atoms with van der Waals surface area (Å²) in [4.78, 5) is 71.4. The van der Waals surface area contributed by atoms with E-state index in [4.69, 9.17) is 17.2 Å². The van der Waals surface area contributed by atoms with Crippen molar-refractivity contribution < 1.29 is 39.3 Å². The Balaban J connectivity index is 1.83. The molecule has 5 atom stereocenters. The highest BCUT2D eigenvalue weighted by Crippen LogP contribution is 2.33. The highest BCUT2D eigenvalue weighted by atomic mass is 16.4. The lowest BCUT2D eigenvalue weighted by atomic mass is 9.80. The van der Waals surface area contributed by atoms with Crippen LogP contribution in [0.25, 0.3) is 0 Å². The van der Waals surface area contributed by atoms with Crippen LogP contribution >= 0.6 is 0 Å². The molecule has 16 nitrogen and oxygen atoms in total. The molecule has 12 N–H and O–H groups in total. The molecule has 1 saturated heterocycles. The van der Waals surface area contributed by atoms with E-state index in [2.05, 4.69) is 20.9 Å². The zero-order valence-electron chi connectivity index (χ0n) is 26.7. The number of rotatable bonds is 15. The second-order valence-corrected chi connectivity index (χ2v) is 12.3. The van der Waals surface area contributed by atoms with Gasteiger partial charge in [0.1, 0.15) is 23.4 Å². The van der Waals surface area contributed by atoms with Crippen LogP contribution in [0, 0.1) is 0 Å². The molecular weight excluding hydrogens is 612 g/mol. The number of guanidine groups is 1. The van der Waals surface area contributed by atoms with E-state index in [0.717, 1.165) is 6.42 Å². The van der Waals surface area contributed by atoms with Crippen molar-refractivity contribution in [2.24, 2.45) is 22.2 Å². The predicted octanol–water partition coefficient (Wildman–Crippen LogP) is -1.44. The maximum atomic E-state index is 14.3. The summed E-state index contributed by atoms with van der Waals surface area (Å²) in [6.07, 6.45) is 2.83. The van der Waals surface area contributed by atoms with Gasteiger partial charge in [0.05, 0.1) is 12.1 Å². The van der Waals surface area contributed by atoms with Crippen molar-refractivity contribution in [3.63, 3.8) is 0 Å². The molecule has 1 aromatic carbocycles. The Bertz CT molecular complexity index is 1290. The van der Waals surface area contributed by atoms with Gasteiger partial charge in [-0.25, -0.2) is 4.79 Å². The summed E-state index contributed by atoms with van der Waals surface area (Å²) in [5.74, 6) is -3.82. The van der Waals surface area contributed by atoms with Crippen molar-refractivity contribution in [1.82, 2.24) is 20.9 Å². The van der Waals surface area contributed by atoms with Crippen molar-refractivity contribution in [1.29, 1.82) is 0 Å². The van der Waals surface area contributed by atoms with Crippen molar-refractivity contribution in [2.45, 2.75) is 107 Å². The van der Waals surface area contributed by atoms with Crippen LogP contribution < -0.4 is 33.2 Å².